The van der Waals surface area contributed by atoms with E-state index in [1.807, 2.05) is 47.8 Å². The van der Waals surface area contributed by atoms with Gasteiger partial charge in [-0.1, -0.05) is 36.4 Å². The normalized spacial score (nSPS) is 10.4. The van der Waals surface area contributed by atoms with Crippen LogP contribution in [0.15, 0.2) is 64.8 Å². The van der Waals surface area contributed by atoms with Crippen molar-refractivity contribution >= 4 is 17.4 Å². The molecule has 2 aromatic heterocycles. The van der Waals surface area contributed by atoms with Crippen LogP contribution in [-0.2, 0) is 13.1 Å². The zero-order valence-corrected chi connectivity index (χ0v) is 14.3. The SMILES string of the molecule is O=C(NCCn1nc(-c2cccs2)ccc1=O)NCc1ccccc1. The van der Waals surface area contributed by atoms with Gasteiger partial charge in [-0.2, -0.15) is 5.10 Å². The van der Waals surface area contributed by atoms with Gasteiger partial charge in [-0.25, -0.2) is 9.48 Å². The lowest BCUT2D eigenvalue weighted by Gasteiger charge is -2.09. The quantitative estimate of drug-likeness (QED) is 0.714. The topological polar surface area (TPSA) is 76.0 Å². The lowest BCUT2D eigenvalue weighted by molar-refractivity contribution is 0.240. The van der Waals surface area contributed by atoms with E-state index in [1.54, 1.807) is 17.4 Å². The third kappa shape index (κ3) is 4.77. The van der Waals surface area contributed by atoms with E-state index in [0.717, 1.165) is 16.1 Å². The van der Waals surface area contributed by atoms with E-state index in [9.17, 15) is 9.59 Å². The van der Waals surface area contributed by atoms with Gasteiger partial charge in [-0.15, -0.1) is 11.3 Å². The number of benzene rings is 1. The molecule has 0 aliphatic rings. The second-order valence-corrected chi connectivity index (χ2v) is 6.30. The zero-order valence-electron chi connectivity index (χ0n) is 13.5. The molecular weight excluding hydrogens is 336 g/mol. The van der Waals surface area contributed by atoms with E-state index in [-0.39, 0.29) is 11.6 Å². The minimum Gasteiger partial charge on any atom is -0.336 e. The fourth-order valence-corrected chi connectivity index (χ4v) is 2.97. The monoisotopic (exact) mass is 354 g/mol. The van der Waals surface area contributed by atoms with Crippen LogP contribution in [0.2, 0.25) is 0 Å². The van der Waals surface area contributed by atoms with E-state index in [1.165, 1.54) is 10.7 Å². The van der Waals surface area contributed by atoms with Crippen LogP contribution in [0.4, 0.5) is 4.79 Å². The lowest BCUT2D eigenvalue weighted by atomic mass is 10.2. The summed E-state index contributed by atoms with van der Waals surface area (Å²) in [6, 6.07) is 16.5. The van der Waals surface area contributed by atoms with Crippen molar-refractivity contribution in [3.05, 3.63) is 75.9 Å². The number of rotatable bonds is 6. The van der Waals surface area contributed by atoms with Gasteiger partial charge >= 0.3 is 6.03 Å². The molecule has 1 aromatic carbocycles. The lowest BCUT2D eigenvalue weighted by Crippen LogP contribution is -2.38. The van der Waals surface area contributed by atoms with Crippen molar-refractivity contribution in [2.45, 2.75) is 13.1 Å². The molecule has 128 valence electrons. The first-order valence-electron chi connectivity index (χ1n) is 7.90. The molecule has 0 saturated heterocycles. The Morgan fingerprint density at radius 1 is 1.04 bits per heavy atom. The average molecular weight is 354 g/mol. The third-order valence-electron chi connectivity index (χ3n) is 3.55. The van der Waals surface area contributed by atoms with Gasteiger partial charge in [0.2, 0.25) is 0 Å². The standard InChI is InChI=1S/C18H18N4O2S/c23-17-9-8-15(16-7-4-12-25-16)21-22(17)11-10-19-18(24)20-13-14-5-2-1-3-6-14/h1-9,12H,10-11,13H2,(H2,19,20,24). The molecule has 0 spiro atoms. The third-order valence-corrected chi connectivity index (χ3v) is 4.44. The first-order valence-corrected chi connectivity index (χ1v) is 8.78. The van der Waals surface area contributed by atoms with Crippen LogP contribution < -0.4 is 16.2 Å². The Morgan fingerprint density at radius 2 is 1.88 bits per heavy atom. The van der Waals surface area contributed by atoms with Crippen molar-refractivity contribution < 1.29 is 4.79 Å². The van der Waals surface area contributed by atoms with Gasteiger partial charge in [0, 0.05) is 19.2 Å². The number of carbonyl (C=O) groups is 1. The highest BCUT2D eigenvalue weighted by atomic mass is 32.1. The Kier molecular flexibility index (Phi) is 5.58. The summed E-state index contributed by atoms with van der Waals surface area (Å²) in [6.45, 7) is 1.09. The number of hydrogen-bond donors (Lipinski definition) is 2. The van der Waals surface area contributed by atoms with Crippen LogP contribution in [0.3, 0.4) is 0 Å². The van der Waals surface area contributed by atoms with Crippen molar-refractivity contribution in [3.63, 3.8) is 0 Å². The number of thiophene rings is 1. The summed E-state index contributed by atoms with van der Waals surface area (Å²) in [5.74, 6) is 0. The fourth-order valence-electron chi connectivity index (χ4n) is 2.28. The Hall–Kier alpha value is -2.93. The molecule has 25 heavy (non-hydrogen) atoms. The van der Waals surface area contributed by atoms with E-state index >= 15 is 0 Å². The molecule has 7 heteroatoms. The summed E-state index contributed by atoms with van der Waals surface area (Å²) in [6.07, 6.45) is 0. The smallest absolute Gasteiger partial charge is 0.315 e. The summed E-state index contributed by atoms with van der Waals surface area (Å²) < 4.78 is 1.37. The average Bonchev–Trinajstić information content (AvgIpc) is 3.17. The number of urea groups is 1. The predicted octanol–water partition coefficient (Wildman–Crippen LogP) is 2.47. The number of carbonyl (C=O) groups excluding carboxylic acids is 1. The summed E-state index contributed by atoms with van der Waals surface area (Å²) in [4.78, 5) is 24.7. The van der Waals surface area contributed by atoms with Crippen LogP contribution in [-0.4, -0.2) is 22.4 Å². The zero-order chi connectivity index (χ0) is 17.5. The number of nitrogens with zero attached hydrogens (tertiary/aromatic N) is 2. The van der Waals surface area contributed by atoms with Gasteiger partial charge in [0.05, 0.1) is 11.4 Å². The highest BCUT2D eigenvalue weighted by Gasteiger charge is 2.05. The van der Waals surface area contributed by atoms with Crippen molar-refractivity contribution in [2.24, 2.45) is 0 Å². The molecule has 3 aromatic rings. The Balaban J connectivity index is 1.51. The first-order chi connectivity index (χ1) is 12.2. The molecule has 2 heterocycles. The molecule has 0 unspecified atom stereocenters. The van der Waals surface area contributed by atoms with Gasteiger partial charge in [0.15, 0.2) is 0 Å². The van der Waals surface area contributed by atoms with Gasteiger partial charge in [0.1, 0.15) is 5.69 Å². The Bertz CT molecular complexity index is 876. The number of amides is 2. The van der Waals surface area contributed by atoms with Crippen LogP contribution >= 0.6 is 11.3 Å². The molecule has 0 aliphatic heterocycles. The fraction of sp³-hybridized carbons (Fsp3) is 0.167. The van der Waals surface area contributed by atoms with E-state index in [2.05, 4.69) is 15.7 Å². The van der Waals surface area contributed by atoms with Crippen LogP contribution in [0.25, 0.3) is 10.6 Å². The molecule has 0 atom stereocenters. The largest absolute Gasteiger partial charge is 0.336 e. The number of hydrogen-bond acceptors (Lipinski definition) is 4. The van der Waals surface area contributed by atoms with Gasteiger partial charge in [0.25, 0.3) is 5.56 Å². The van der Waals surface area contributed by atoms with E-state index in [0.29, 0.717) is 19.6 Å². The second-order valence-electron chi connectivity index (χ2n) is 5.35. The van der Waals surface area contributed by atoms with Gasteiger partial charge in [-0.3, -0.25) is 4.79 Å². The predicted molar refractivity (Wildman–Crippen MR) is 98.5 cm³/mol. The maximum Gasteiger partial charge on any atom is 0.315 e. The molecule has 0 fully saturated rings. The molecule has 2 amide bonds. The second kappa shape index (κ2) is 8.25. The van der Waals surface area contributed by atoms with Gasteiger partial charge < -0.3 is 10.6 Å². The van der Waals surface area contributed by atoms with Gasteiger partial charge in [-0.05, 0) is 23.1 Å². The van der Waals surface area contributed by atoms with Crippen molar-refractivity contribution in [1.29, 1.82) is 0 Å². The van der Waals surface area contributed by atoms with E-state index < -0.39 is 0 Å². The summed E-state index contributed by atoms with van der Waals surface area (Å²) in [5.41, 5.74) is 1.59. The summed E-state index contributed by atoms with van der Waals surface area (Å²) in [5, 5.41) is 11.8. The molecule has 3 rings (SSSR count). The van der Waals surface area contributed by atoms with Crippen LogP contribution in [0, 0.1) is 0 Å². The molecule has 2 N–H and O–H groups in total. The highest BCUT2D eigenvalue weighted by molar-refractivity contribution is 7.13. The minimum atomic E-state index is -0.272. The van der Waals surface area contributed by atoms with Crippen molar-refractivity contribution in [2.75, 3.05) is 6.54 Å². The molecule has 0 saturated carbocycles. The Morgan fingerprint density at radius 3 is 2.64 bits per heavy atom. The minimum absolute atomic E-state index is 0.188. The summed E-state index contributed by atoms with van der Waals surface area (Å²) >= 11 is 1.57. The molecule has 6 nitrogen and oxygen atoms in total. The number of aromatic nitrogens is 2. The van der Waals surface area contributed by atoms with Crippen molar-refractivity contribution in [3.8, 4) is 10.6 Å². The van der Waals surface area contributed by atoms with E-state index in [4.69, 9.17) is 0 Å². The van der Waals surface area contributed by atoms with Crippen LogP contribution in [0.1, 0.15) is 5.56 Å². The highest BCUT2D eigenvalue weighted by Crippen LogP contribution is 2.20. The maximum absolute atomic E-state index is 11.9. The van der Waals surface area contributed by atoms with Crippen molar-refractivity contribution in [1.82, 2.24) is 20.4 Å². The molecule has 0 radical (unpaired) electrons. The molecule has 0 aliphatic carbocycles. The maximum atomic E-state index is 11.9. The summed E-state index contributed by atoms with van der Waals surface area (Å²) in [7, 11) is 0. The Labute approximate surface area is 149 Å². The van der Waals surface area contributed by atoms with Crippen LogP contribution in [0.5, 0.6) is 0 Å². The first kappa shape index (κ1) is 16.9. The number of nitrogens with one attached hydrogen (secondary N) is 2. The molecular formula is C18H18N4O2S. The molecule has 0 bridgehead atoms.